The Labute approximate surface area is 202 Å². The second-order valence-electron chi connectivity index (χ2n) is 8.98. The van der Waals surface area contributed by atoms with Gasteiger partial charge in [0.2, 0.25) is 10.0 Å². The van der Waals surface area contributed by atoms with Gasteiger partial charge in [0.15, 0.2) is 0 Å². The number of rotatable bonds is 7. The lowest BCUT2D eigenvalue weighted by Crippen LogP contribution is -2.42. The van der Waals surface area contributed by atoms with Crippen molar-refractivity contribution in [2.45, 2.75) is 62.9 Å². The molecule has 1 amide bonds. The maximum Gasteiger partial charge on any atom is 0.254 e. The number of sulfonamides is 1. The number of methoxy groups -OCH3 is 1. The number of hydrogen-bond donors (Lipinski definition) is 0. The van der Waals surface area contributed by atoms with Crippen LogP contribution in [0.25, 0.3) is 0 Å². The molecule has 184 valence electrons. The monoisotopic (exact) mass is 486 g/mol. The first-order chi connectivity index (χ1) is 16.4. The van der Waals surface area contributed by atoms with Gasteiger partial charge in [-0.1, -0.05) is 18.6 Å². The zero-order valence-electron chi connectivity index (χ0n) is 20.2. The van der Waals surface area contributed by atoms with Crippen molar-refractivity contribution in [1.82, 2.24) is 9.21 Å². The number of piperidine rings is 1. The van der Waals surface area contributed by atoms with Crippen molar-refractivity contribution in [2.24, 2.45) is 0 Å². The lowest BCUT2D eigenvalue weighted by atomic mass is 10.0. The van der Waals surface area contributed by atoms with E-state index in [1.165, 1.54) is 13.2 Å². The molecule has 7 nitrogen and oxygen atoms in total. The predicted molar refractivity (Wildman–Crippen MR) is 131 cm³/mol. The molecule has 2 unspecified atom stereocenters. The molecule has 0 aliphatic carbocycles. The molecule has 0 aromatic heterocycles. The van der Waals surface area contributed by atoms with Gasteiger partial charge in [-0.2, -0.15) is 4.31 Å². The lowest BCUT2D eigenvalue weighted by molar-refractivity contribution is 0.0735. The Morgan fingerprint density at radius 2 is 1.79 bits per heavy atom. The molecule has 2 aromatic rings. The molecule has 8 heteroatoms. The number of likely N-dealkylation sites (tertiary alicyclic amines) is 1. The first-order valence-corrected chi connectivity index (χ1v) is 13.5. The summed E-state index contributed by atoms with van der Waals surface area (Å²) in [5.74, 6) is 0.903. The van der Waals surface area contributed by atoms with Crippen LogP contribution in [0.2, 0.25) is 0 Å². The summed E-state index contributed by atoms with van der Waals surface area (Å²) in [5.41, 5.74) is 1.42. The Kier molecular flexibility index (Phi) is 7.48. The minimum absolute atomic E-state index is 0.0487. The van der Waals surface area contributed by atoms with Crippen LogP contribution in [-0.2, 0) is 10.0 Å². The fourth-order valence-corrected chi connectivity index (χ4v) is 6.92. The first-order valence-electron chi connectivity index (χ1n) is 12.1. The molecule has 4 rings (SSSR count). The molecule has 2 saturated heterocycles. The van der Waals surface area contributed by atoms with Crippen molar-refractivity contribution in [3.8, 4) is 11.5 Å². The summed E-state index contributed by atoms with van der Waals surface area (Å²) in [4.78, 5) is 15.5. The number of nitrogens with zero attached hydrogens (tertiary/aromatic N) is 2. The molecule has 34 heavy (non-hydrogen) atoms. The van der Waals surface area contributed by atoms with Crippen LogP contribution in [0.1, 0.15) is 67.9 Å². The third kappa shape index (κ3) is 4.79. The van der Waals surface area contributed by atoms with Crippen LogP contribution in [0.5, 0.6) is 11.5 Å². The zero-order valence-corrected chi connectivity index (χ0v) is 21.0. The Morgan fingerprint density at radius 3 is 2.47 bits per heavy atom. The smallest absolute Gasteiger partial charge is 0.254 e. The highest BCUT2D eigenvalue weighted by atomic mass is 32.2. The Balaban J connectivity index is 1.63. The molecule has 0 bridgehead atoms. The predicted octanol–water partition coefficient (Wildman–Crippen LogP) is 4.63. The summed E-state index contributed by atoms with van der Waals surface area (Å²) in [6.07, 6.45) is 4.45. The van der Waals surface area contributed by atoms with Gasteiger partial charge < -0.3 is 14.4 Å². The lowest BCUT2D eigenvalue weighted by Gasteiger charge is -2.32. The summed E-state index contributed by atoms with van der Waals surface area (Å²) in [6.45, 7) is 5.60. The van der Waals surface area contributed by atoms with E-state index in [9.17, 15) is 13.2 Å². The van der Waals surface area contributed by atoms with Gasteiger partial charge in [0.25, 0.3) is 5.91 Å². The topological polar surface area (TPSA) is 76.1 Å². The largest absolute Gasteiger partial charge is 0.495 e. The Morgan fingerprint density at radius 1 is 1.03 bits per heavy atom. The highest BCUT2D eigenvalue weighted by Gasteiger charge is 2.35. The fourth-order valence-electron chi connectivity index (χ4n) is 5.04. The minimum Gasteiger partial charge on any atom is -0.495 e. The van der Waals surface area contributed by atoms with Gasteiger partial charge in [-0.25, -0.2) is 8.42 Å². The third-order valence-electron chi connectivity index (χ3n) is 6.83. The number of carbonyl (C=O) groups excluding carboxylic acids is 1. The second kappa shape index (κ2) is 10.4. The van der Waals surface area contributed by atoms with Crippen molar-refractivity contribution < 1.29 is 22.7 Å². The highest BCUT2D eigenvalue weighted by molar-refractivity contribution is 7.89. The average molecular weight is 487 g/mol. The van der Waals surface area contributed by atoms with Crippen molar-refractivity contribution in [2.75, 3.05) is 26.8 Å². The van der Waals surface area contributed by atoms with Gasteiger partial charge in [0.1, 0.15) is 16.4 Å². The molecule has 2 heterocycles. The van der Waals surface area contributed by atoms with E-state index in [2.05, 4.69) is 0 Å². The van der Waals surface area contributed by atoms with Gasteiger partial charge in [-0.3, -0.25) is 4.79 Å². The number of ether oxygens (including phenoxy) is 2. The normalized spacial score (nSPS) is 21.4. The maximum absolute atomic E-state index is 13.6. The molecule has 0 spiro atoms. The number of amides is 1. The van der Waals surface area contributed by atoms with E-state index in [4.69, 9.17) is 9.47 Å². The van der Waals surface area contributed by atoms with E-state index >= 15 is 0 Å². The molecule has 0 radical (unpaired) electrons. The van der Waals surface area contributed by atoms with Gasteiger partial charge in [-0.15, -0.1) is 0 Å². The molecule has 0 saturated carbocycles. The molecular weight excluding hydrogens is 452 g/mol. The highest BCUT2D eigenvalue weighted by Crippen LogP contribution is 2.36. The summed E-state index contributed by atoms with van der Waals surface area (Å²) in [6, 6.07) is 12.5. The quantitative estimate of drug-likeness (QED) is 0.570. The molecule has 2 aliphatic rings. The molecule has 2 atom stereocenters. The van der Waals surface area contributed by atoms with E-state index < -0.39 is 10.0 Å². The SMILES string of the molecule is CCOc1ccc(C2CCCN2C(=O)c2ccc(OC)c(S(=O)(=O)N3CCCCC3C)c2)cc1. The number of benzene rings is 2. The molecule has 2 aliphatic heterocycles. The van der Waals surface area contributed by atoms with Crippen molar-refractivity contribution in [3.05, 3.63) is 53.6 Å². The van der Waals surface area contributed by atoms with Crippen LogP contribution in [0.4, 0.5) is 0 Å². The molecular formula is C26H34N2O5S. The molecule has 2 fully saturated rings. The van der Waals surface area contributed by atoms with Crippen LogP contribution in [0.3, 0.4) is 0 Å². The fraction of sp³-hybridized carbons (Fsp3) is 0.500. The number of hydrogen-bond acceptors (Lipinski definition) is 5. The maximum atomic E-state index is 13.6. The Hall–Kier alpha value is -2.58. The van der Waals surface area contributed by atoms with Crippen LogP contribution >= 0.6 is 0 Å². The molecule has 2 aromatic carbocycles. The van der Waals surface area contributed by atoms with Gasteiger partial charge >= 0.3 is 0 Å². The van der Waals surface area contributed by atoms with E-state index in [1.807, 2.05) is 43.0 Å². The average Bonchev–Trinajstić information content (AvgIpc) is 3.34. The molecule has 0 N–H and O–H groups in total. The van der Waals surface area contributed by atoms with Crippen LogP contribution < -0.4 is 9.47 Å². The van der Waals surface area contributed by atoms with E-state index in [0.29, 0.717) is 25.3 Å². The minimum atomic E-state index is -3.79. The van der Waals surface area contributed by atoms with Crippen molar-refractivity contribution >= 4 is 15.9 Å². The van der Waals surface area contributed by atoms with Crippen LogP contribution in [-0.4, -0.2) is 56.4 Å². The summed E-state index contributed by atoms with van der Waals surface area (Å²) in [5, 5.41) is 0. The first kappa shape index (κ1) is 24.5. The van der Waals surface area contributed by atoms with E-state index in [-0.39, 0.29) is 28.6 Å². The van der Waals surface area contributed by atoms with E-state index in [0.717, 1.165) is 43.4 Å². The van der Waals surface area contributed by atoms with Gasteiger partial charge in [0, 0.05) is 24.7 Å². The van der Waals surface area contributed by atoms with E-state index in [1.54, 1.807) is 16.4 Å². The summed E-state index contributed by atoms with van der Waals surface area (Å²) < 4.78 is 39.6. The van der Waals surface area contributed by atoms with Gasteiger partial charge in [0.05, 0.1) is 19.8 Å². The zero-order chi connectivity index (χ0) is 24.3. The van der Waals surface area contributed by atoms with Crippen molar-refractivity contribution in [1.29, 1.82) is 0 Å². The van der Waals surface area contributed by atoms with Crippen molar-refractivity contribution in [3.63, 3.8) is 0 Å². The van der Waals surface area contributed by atoms with Gasteiger partial charge in [-0.05, 0) is 75.4 Å². The number of carbonyl (C=O) groups is 1. The van der Waals surface area contributed by atoms with Crippen LogP contribution in [0, 0.1) is 0 Å². The second-order valence-corrected chi connectivity index (χ2v) is 10.8. The Bertz CT molecular complexity index is 1120. The van der Waals surface area contributed by atoms with Crippen LogP contribution in [0.15, 0.2) is 47.4 Å². The summed E-state index contributed by atoms with van der Waals surface area (Å²) >= 11 is 0. The third-order valence-corrected chi connectivity index (χ3v) is 8.86. The standard InChI is InChI=1S/C26H34N2O5S/c1-4-33-22-13-10-20(11-14-22)23-9-7-16-27(23)26(29)21-12-15-24(32-3)25(18-21)34(30,31)28-17-6-5-8-19(28)2/h10-15,18-19,23H,4-9,16-17H2,1-3H3. The summed E-state index contributed by atoms with van der Waals surface area (Å²) in [7, 11) is -2.33.